The Labute approximate surface area is 167 Å². The molecular weight excluding hydrogens is 398 g/mol. The predicted molar refractivity (Wildman–Crippen MR) is 107 cm³/mol. The van der Waals surface area contributed by atoms with E-state index in [0.717, 1.165) is 15.8 Å². The number of pyridine rings is 1. The average Bonchev–Trinajstić information content (AvgIpc) is 3.37. The van der Waals surface area contributed by atoms with Crippen LogP contribution < -0.4 is 5.32 Å². The van der Waals surface area contributed by atoms with Gasteiger partial charge in [-0.1, -0.05) is 6.07 Å². The van der Waals surface area contributed by atoms with Gasteiger partial charge in [-0.25, -0.2) is 13.4 Å². The highest BCUT2D eigenvalue weighted by Gasteiger charge is 2.38. The Morgan fingerprint density at radius 1 is 1.39 bits per heavy atom. The number of hydrogen-bond donors (Lipinski definition) is 2. The van der Waals surface area contributed by atoms with E-state index in [4.69, 9.17) is 0 Å². The first-order valence-electron chi connectivity index (χ1n) is 8.95. The van der Waals surface area contributed by atoms with Crippen molar-refractivity contribution in [3.05, 3.63) is 40.2 Å². The summed E-state index contributed by atoms with van der Waals surface area (Å²) >= 11 is 1.35. The number of carbonyl (C=O) groups is 1. The zero-order chi connectivity index (χ0) is 20.1. The molecule has 0 aliphatic carbocycles. The highest BCUT2D eigenvalue weighted by molar-refractivity contribution is 7.89. The van der Waals surface area contributed by atoms with Gasteiger partial charge < -0.3 is 5.32 Å². The van der Waals surface area contributed by atoms with E-state index in [-0.39, 0.29) is 16.7 Å². The van der Waals surface area contributed by atoms with E-state index in [1.165, 1.54) is 15.6 Å². The quantitative estimate of drug-likeness (QED) is 0.674. The molecule has 0 radical (unpaired) electrons. The largest absolute Gasteiger partial charge is 0.354 e. The number of carbonyl (C=O) groups excluding carboxylic acids is 1. The van der Waals surface area contributed by atoms with Crippen LogP contribution in [0.25, 0.3) is 10.2 Å². The van der Waals surface area contributed by atoms with Crippen LogP contribution >= 0.6 is 11.3 Å². The molecule has 2 N–H and O–H groups in total. The van der Waals surface area contributed by atoms with E-state index >= 15 is 0 Å². The minimum absolute atomic E-state index is 0.0625. The molecule has 0 bridgehead atoms. The number of H-pyrrole nitrogens is 1. The van der Waals surface area contributed by atoms with Crippen LogP contribution in [0.5, 0.6) is 0 Å². The summed E-state index contributed by atoms with van der Waals surface area (Å²) in [5.41, 5.74) is 1.90. The van der Waals surface area contributed by atoms with E-state index in [1.807, 2.05) is 12.1 Å². The summed E-state index contributed by atoms with van der Waals surface area (Å²) in [7, 11) is -2.05. The van der Waals surface area contributed by atoms with E-state index in [9.17, 15) is 13.2 Å². The van der Waals surface area contributed by atoms with Crippen molar-refractivity contribution in [2.45, 2.75) is 31.1 Å². The highest BCUT2D eigenvalue weighted by Crippen LogP contribution is 2.40. The van der Waals surface area contributed by atoms with Crippen LogP contribution in [0.1, 0.15) is 39.0 Å². The molecule has 0 spiro atoms. The minimum atomic E-state index is -3.65. The first-order valence-corrected chi connectivity index (χ1v) is 11.2. The molecule has 0 unspecified atom stereocenters. The lowest BCUT2D eigenvalue weighted by atomic mass is 9.95. The van der Waals surface area contributed by atoms with Gasteiger partial charge in [0, 0.05) is 37.6 Å². The molecule has 1 saturated heterocycles. The molecular formula is C18H21N5O3S2. The third-order valence-electron chi connectivity index (χ3n) is 5.16. The van der Waals surface area contributed by atoms with Crippen LogP contribution in [-0.4, -0.2) is 53.9 Å². The molecule has 8 nitrogen and oxygen atoms in total. The molecule has 3 aromatic rings. The first kappa shape index (κ1) is 19.0. The number of aromatic nitrogens is 3. The van der Waals surface area contributed by atoms with Gasteiger partial charge in [-0.05, 0) is 31.9 Å². The van der Waals surface area contributed by atoms with Crippen molar-refractivity contribution in [2.75, 3.05) is 20.1 Å². The molecule has 1 aliphatic rings. The third-order valence-corrected chi connectivity index (χ3v) is 8.41. The van der Waals surface area contributed by atoms with E-state index in [0.29, 0.717) is 35.8 Å². The molecule has 1 amide bonds. The van der Waals surface area contributed by atoms with E-state index in [1.54, 1.807) is 27.1 Å². The fourth-order valence-corrected chi connectivity index (χ4v) is 6.88. The first-order chi connectivity index (χ1) is 13.3. The summed E-state index contributed by atoms with van der Waals surface area (Å²) in [5, 5.41) is 10.4. The third kappa shape index (κ3) is 2.92. The number of thiophene rings is 1. The van der Waals surface area contributed by atoms with Crippen LogP contribution in [0.15, 0.2) is 23.2 Å². The molecule has 1 fully saturated rings. The lowest BCUT2D eigenvalue weighted by Crippen LogP contribution is -2.29. The minimum Gasteiger partial charge on any atom is -0.354 e. The van der Waals surface area contributed by atoms with Crippen molar-refractivity contribution >= 4 is 37.5 Å². The van der Waals surface area contributed by atoms with Gasteiger partial charge in [-0.15, -0.1) is 11.3 Å². The topological polar surface area (TPSA) is 108 Å². The van der Waals surface area contributed by atoms with Gasteiger partial charge in [0.05, 0.1) is 16.3 Å². The van der Waals surface area contributed by atoms with Crippen LogP contribution in [0.4, 0.5) is 0 Å². The standard InChI is InChI=1S/C18H21N5O3S2/c1-10-16(11(2)22-21-10)28(25,26)23-8-6-12(9-23)14-13-5-4-7-20-18(13)27-15(14)17(24)19-3/h4-5,7,12H,6,8-9H2,1-3H3,(H,19,24)(H,21,22)/t12-/m1/s1. The van der Waals surface area contributed by atoms with E-state index in [2.05, 4.69) is 20.5 Å². The van der Waals surface area contributed by atoms with Crippen LogP contribution in [0, 0.1) is 13.8 Å². The second-order valence-electron chi connectivity index (χ2n) is 6.89. The molecule has 148 valence electrons. The van der Waals surface area contributed by atoms with E-state index < -0.39 is 10.0 Å². The highest BCUT2D eigenvalue weighted by atomic mass is 32.2. The predicted octanol–water partition coefficient (Wildman–Crippen LogP) is 2.17. The second kappa shape index (κ2) is 6.94. The molecule has 1 atom stereocenters. The lowest BCUT2D eigenvalue weighted by Gasteiger charge is -2.17. The van der Waals surface area contributed by atoms with Crippen molar-refractivity contribution in [1.82, 2.24) is 24.8 Å². The fourth-order valence-electron chi connectivity index (χ4n) is 3.87. The molecule has 1 aliphatic heterocycles. The molecule has 4 rings (SSSR count). The Bertz CT molecular complexity index is 1150. The van der Waals surface area contributed by atoms with Gasteiger partial charge in [-0.3, -0.25) is 9.89 Å². The molecule has 3 aromatic heterocycles. The number of aryl methyl sites for hydroxylation is 2. The number of sulfonamides is 1. The normalized spacial score (nSPS) is 18.0. The summed E-state index contributed by atoms with van der Waals surface area (Å²) in [6.45, 7) is 4.13. The molecule has 0 saturated carbocycles. The Hall–Kier alpha value is -2.30. The van der Waals surface area contributed by atoms with Gasteiger partial charge in [0.15, 0.2) is 0 Å². The van der Waals surface area contributed by atoms with Gasteiger partial charge in [0.25, 0.3) is 5.91 Å². The van der Waals surface area contributed by atoms with Crippen molar-refractivity contribution in [3.63, 3.8) is 0 Å². The number of amides is 1. The Morgan fingerprint density at radius 2 is 2.18 bits per heavy atom. The Balaban J connectivity index is 1.73. The Morgan fingerprint density at radius 3 is 2.86 bits per heavy atom. The number of rotatable bonds is 4. The van der Waals surface area contributed by atoms with Crippen molar-refractivity contribution in [2.24, 2.45) is 0 Å². The summed E-state index contributed by atoms with van der Waals surface area (Å²) in [4.78, 5) is 18.5. The maximum Gasteiger partial charge on any atom is 0.261 e. The van der Waals surface area contributed by atoms with Crippen LogP contribution in [-0.2, 0) is 10.0 Å². The van der Waals surface area contributed by atoms with Gasteiger partial charge in [-0.2, -0.15) is 9.40 Å². The number of nitrogens with one attached hydrogen (secondary N) is 2. The number of aromatic amines is 1. The SMILES string of the molecule is CNC(=O)c1sc2ncccc2c1[C@@H]1CCN(S(=O)(=O)c2c(C)n[nH]c2C)C1. The second-order valence-corrected chi connectivity index (χ2v) is 9.77. The average molecular weight is 420 g/mol. The molecule has 10 heteroatoms. The van der Waals surface area contributed by atoms with Gasteiger partial charge in [0.2, 0.25) is 10.0 Å². The summed E-state index contributed by atoms with van der Waals surface area (Å²) < 4.78 is 27.8. The number of nitrogens with zero attached hydrogens (tertiary/aromatic N) is 3. The maximum atomic E-state index is 13.2. The number of hydrogen-bond acceptors (Lipinski definition) is 6. The van der Waals surface area contributed by atoms with Crippen LogP contribution in [0.2, 0.25) is 0 Å². The monoisotopic (exact) mass is 419 g/mol. The summed E-state index contributed by atoms with van der Waals surface area (Å²) in [6, 6.07) is 3.79. The molecule has 28 heavy (non-hydrogen) atoms. The molecule has 0 aromatic carbocycles. The van der Waals surface area contributed by atoms with Crippen LogP contribution in [0.3, 0.4) is 0 Å². The molecule has 4 heterocycles. The summed E-state index contributed by atoms with van der Waals surface area (Å²) in [5.74, 6) is -0.228. The van der Waals surface area contributed by atoms with Crippen molar-refractivity contribution in [1.29, 1.82) is 0 Å². The maximum absolute atomic E-state index is 13.2. The smallest absolute Gasteiger partial charge is 0.261 e. The zero-order valence-corrected chi connectivity index (χ0v) is 17.4. The lowest BCUT2D eigenvalue weighted by molar-refractivity contribution is 0.0966. The fraction of sp³-hybridized carbons (Fsp3) is 0.389. The van der Waals surface area contributed by atoms with Gasteiger partial charge in [0.1, 0.15) is 9.73 Å². The summed E-state index contributed by atoms with van der Waals surface area (Å²) in [6.07, 6.45) is 2.35. The van der Waals surface area contributed by atoms with Gasteiger partial charge >= 0.3 is 0 Å². The van der Waals surface area contributed by atoms with Crippen molar-refractivity contribution < 1.29 is 13.2 Å². The van der Waals surface area contributed by atoms with Crippen molar-refractivity contribution in [3.8, 4) is 0 Å². The Kier molecular flexibility index (Phi) is 4.72. The number of fused-ring (bicyclic) bond motifs is 1. The zero-order valence-electron chi connectivity index (χ0n) is 15.8.